The lowest BCUT2D eigenvalue weighted by molar-refractivity contribution is 1.13. The van der Waals surface area contributed by atoms with Crippen molar-refractivity contribution >= 4 is 0 Å². The third-order valence-corrected chi connectivity index (χ3v) is 1.35. The topological polar surface area (TPSA) is 0 Å². The first-order valence-electron chi connectivity index (χ1n) is 3.66. The predicted octanol–water partition coefficient (Wildman–Crippen LogP) is 3.31. The predicted molar refractivity (Wildman–Crippen MR) is 43.5 cm³/mol. The maximum Gasteiger partial charge on any atom is -0.0311 e. The van der Waals surface area contributed by atoms with Crippen molar-refractivity contribution in [2.75, 3.05) is 0 Å². The standard InChI is InChI=1S/C9H16/c1-4-7-8-9(5-2)6-3/h5,7-8H,4,6H2,1-3H3. The quantitative estimate of drug-likeness (QED) is 0.506. The summed E-state index contributed by atoms with van der Waals surface area (Å²) in [6.07, 6.45) is 8.83. The Morgan fingerprint density at radius 3 is 2.33 bits per heavy atom. The first-order chi connectivity index (χ1) is 4.35. The Hall–Kier alpha value is -0.520. The molecule has 0 aliphatic heterocycles. The molecule has 0 nitrogen and oxygen atoms in total. The smallest absolute Gasteiger partial charge is 0.0311 e. The Labute approximate surface area is 58.3 Å². The van der Waals surface area contributed by atoms with Gasteiger partial charge in [-0.1, -0.05) is 37.6 Å². The Balaban J connectivity index is 3.70. The van der Waals surface area contributed by atoms with Gasteiger partial charge in [-0.3, -0.25) is 0 Å². The van der Waals surface area contributed by atoms with Crippen molar-refractivity contribution in [3.8, 4) is 0 Å². The second-order valence-electron chi connectivity index (χ2n) is 2.03. The molecule has 0 bridgehead atoms. The normalized spacial score (nSPS) is 13.0. The van der Waals surface area contributed by atoms with Crippen molar-refractivity contribution < 1.29 is 0 Å². The van der Waals surface area contributed by atoms with Crippen LogP contribution in [0.15, 0.2) is 23.8 Å². The highest BCUT2D eigenvalue weighted by Gasteiger charge is 1.80. The Morgan fingerprint density at radius 1 is 1.33 bits per heavy atom. The van der Waals surface area contributed by atoms with Gasteiger partial charge in [0.15, 0.2) is 0 Å². The molecule has 52 valence electrons. The van der Waals surface area contributed by atoms with E-state index in [9.17, 15) is 0 Å². The van der Waals surface area contributed by atoms with Gasteiger partial charge in [0, 0.05) is 0 Å². The minimum Gasteiger partial charge on any atom is -0.0845 e. The summed E-state index contributed by atoms with van der Waals surface area (Å²) in [4.78, 5) is 0. The fourth-order valence-electron chi connectivity index (χ4n) is 0.687. The van der Waals surface area contributed by atoms with E-state index in [-0.39, 0.29) is 0 Å². The summed E-state index contributed by atoms with van der Waals surface area (Å²) in [5, 5.41) is 0. The zero-order valence-electron chi connectivity index (χ0n) is 6.65. The van der Waals surface area contributed by atoms with Crippen LogP contribution in [0.1, 0.15) is 33.6 Å². The summed E-state index contributed by atoms with van der Waals surface area (Å²) in [6, 6.07) is 0. The Kier molecular flexibility index (Phi) is 5.29. The van der Waals surface area contributed by atoms with Crippen molar-refractivity contribution in [2.45, 2.75) is 33.6 Å². The fourth-order valence-corrected chi connectivity index (χ4v) is 0.687. The number of hydrogen-bond acceptors (Lipinski definition) is 0. The number of allylic oxidation sites excluding steroid dienone is 4. The van der Waals surface area contributed by atoms with Crippen molar-refractivity contribution in [3.63, 3.8) is 0 Å². The fraction of sp³-hybridized carbons (Fsp3) is 0.556. The highest BCUT2D eigenvalue weighted by atomic mass is 13.9. The van der Waals surface area contributed by atoms with Gasteiger partial charge >= 0.3 is 0 Å². The van der Waals surface area contributed by atoms with E-state index < -0.39 is 0 Å². The second kappa shape index (κ2) is 5.61. The molecule has 0 aliphatic carbocycles. The van der Waals surface area contributed by atoms with Gasteiger partial charge in [0.2, 0.25) is 0 Å². The third kappa shape index (κ3) is 4.01. The van der Waals surface area contributed by atoms with Gasteiger partial charge < -0.3 is 0 Å². The molecule has 0 saturated carbocycles. The lowest BCUT2D eigenvalue weighted by Gasteiger charge is -1.91. The van der Waals surface area contributed by atoms with Crippen molar-refractivity contribution in [2.24, 2.45) is 0 Å². The molecule has 0 heterocycles. The molecule has 0 amide bonds. The zero-order valence-corrected chi connectivity index (χ0v) is 6.65. The van der Waals surface area contributed by atoms with Crippen LogP contribution in [0.5, 0.6) is 0 Å². The summed E-state index contributed by atoms with van der Waals surface area (Å²) < 4.78 is 0. The largest absolute Gasteiger partial charge is 0.0845 e. The maximum atomic E-state index is 2.19. The highest BCUT2D eigenvalue weighted by molar-refractivity contribution is 5.16. The molecule has 0 aromatic carbocycles. The van der Waals surface area contributed by atoms with E-state index in [0.717, 1.165) is 12.8 Å². The molecular weight excluding hydrogens is 108 g/mol. The summed E-state index contributed by atoms with van der Waals surface area (Å²) in [6.45, 7) is 6.41. The van der Waals surface area contributed by atoms with E-state index >= 15 is 0 Å². The van der Waals surface area contributed by atoms with E-state index in [2.05, 4.69) is 39.0 Å². The van der Waals surface area contributed by atoms with Gasteiger partial charge in [-0.25, -0.2) is 0 Å². The lowest BCUT2D eigenvalue weighted by atomic mass is 10.2. The molecule has 0 aromatic rings. The molecule has 0 heteroatoms. The highest BCUT2D eigenvalue weighted by Crippen LogP contribution is 2.01. The monoisotopic (exact) mass is 124 g/mol. The number of rotatable bonds is 3. The average Bonchev–Trinajstić information content (AvgIpc) is 1.91. The first-order valence-corrected chi connectivity index (χ1v) is 3.66. The van der Waals surface area contributed by atoms with Crippen LogP contribution < -0.4 is 0 Å². The number of hydrogen-bond donors (Lipinski definition) is 0. The summed E-state index contributed by atoms with van der Waals surface area (Å²) in [5.41, 5.74) is 1.43. The first kappa shape index (κ1) is 8.48. The van der Waals surface area contributed by atoms with Gasteiger partial charge in [-0.05, 0) is 19.8 Å². The van der Waals surface area contributed by atoms with E-state index in [1.54, 1.807) is 0 Å². The van der Waals surface area contributed by atoms with Gasteiger partial charge in [-0.15, -0.1) is 0 Å². The van der Waals surface area contributed by atoms with E-state index in [4.69, 9.17) is 0 Å². The van der Waals surface area contributed by atoms with Gasteiger partial charge in [0.1, 0.15) is 0 Å². The van der Waals surface area contributed by atoms with Crippen LogP contribution in [0, 0.1) is 0 Å². The van der Waals surface area contributed by atoms with E-state index in [0.29, 0.717) is 0 Å². The Bertz CT molecular complexity index is 107. The van der Waals surface area contributed by atoms with Crippen LogP contribution >= 0.6 is 0 Å². The van der Waals surface area contributed by atoms with Crippen LogP contribution in [-0.4, -0.2) is 0 Å². The molecule has 0 atom stereocenters. The van der Waals surface area contributed by atoms with Crippen molar-refractivity contribution in [3.05, 3.63) is 23.8 Å². The molecule has 0 aromatic heterocycles. The summed E-state index contributed by atoms with van der Waals surface area (Å²) in [5.74, 6) is 0. The molecule has 0 rings (SSSR count). The molecule has 0 fully saturated rings. The molecule has 0 radical (unpaired) electrons. The molecular formula is C9H16. The second-order valence-corrected chi connectivity index (χ2v) is 2.03. The van der Waals surface area contributed by atoms with Crippen LogP contribution in [0.3, 0.4) is 0 Å². The lowest BCUT2D eigenvalue weighted by Crippen LogP contribution is -1.70. The van der Waals surface area contributed by atoms with E-state index in [1.807, 2.05) is 0 Å². The summed E-state index contributed by atoms with van der Waals surface area (Å²) >= 11 is 0. The SMILES string of the molecule is CC=C(C=CCC)CC. The van der Waals surface area contributed by atoms with Crippen LogP contribution in [0.2, 0.25) is 0 Å². The molecule has 0 aliphatic rings. The average molecular weight is 124 g/mol. The van der Waals surface area contributed by atoms with Crippen molar-refractivity contribution in [1.82, 2.24) is 0 Å². The molecule has 0 N–H and O–H groups in total. The van der Waals surface area contributed by atoms with E-state index in [1.165, 1.54) is 5.57 Å². The zero-order chi connectivity index (χ0) is 7.11. The van der Waals surface area contributed by atoms with Crippen LogP contribution in [0.25, 0.3) is 0 Å². The van der Waals surface area contributed by atoms with Crippen LogP contribution in [0.4, 0.5) is 0 Å². The molecule has 0 saturated heterocycles. The Morgan fingerprint density at radius 2 is 2.00 bits per heavy atom. The van der Waals surface area contributed by atoms with Gasteiger partial charge in [0.25, 0.3) is 0 Å². The minimum atomic E-state index is 1.14. The van der Waals surface area contributed by atoms with Crippen molar-refractivity contribution in [1.29, 1.82) is 0 Å². The maximum absolute atomic E-state index is 2.19. The molecule has 0 unspecified atom stereocenters. The molecule has 9 heavy (non-hydrogen) atoms. The molecule has 0 spiro atoms. The third-order valence-electron chi connectivity index (χ3n) is 1.35. The minimum absolute atomic E-state index is 1.14. The van der Waals surface area contributed by atoms with Gasteiger partial charge in [-0.2, -0.15) is 0 Å². The van der Waals surface area contributed by atoms with Crippen LogP contribution in [-0.2, 0) is 0 Å². The summed E-state index contributed by atoms with van der Waals surface area (Å²) in [7, 11) is 0. The van der Waals surface area contributed by atoms with Gasteiger partial charge in [0.05, 0.1) is 0 Å².